The summed E-state index contributed by atoms with van der Waals surface area (Å²) in [4.78, 5) is 14.1. The van der Waals surface area contributed by atoms with Crippen LogP contribution in [0.15, 0.2) is 24.3 Å². The molecule has 0 spiro atoms. The highest BCUT2D eigenvalue weighted by Gasteiger charge is 2.25. The van der Waals surface area contributed by atoms with E-state index in [1.807, 2.05) is 11.0 Å². The van der Waals surface area contributed by atoms with Gasteiger partial charge in [0.25, 0.3) is 0 Å². The van der Waals surface area contributed by atoms with Gasteiger partial charge in [0.05, 0.1) is 0 Å². The van der Waals surface area contributed by atoms with E-state index < -0.39 is 0 Å². The Hall–Kier alpha value is -1.35. The van der Waals surface area contributed by atoms with Crippen molar-refractivity contribution >= 4 is 5.91 Å². The van der Waals surface area contributed by atoms with Crippen molar-refractivity contribution in [3.05, 3.63) is 35.4 Å². The fourth-order valence-corrected chi connectivity index (χ4v) is 2.75. The molecule has 1 N–H and O–H groups in total. The molecule has 0 aromatic heterocycles. The average molecular weight is 261 g/mol. The van der Waals surface area contributed by atoms with E-state index in [-0.39, 0.29) is 12.5 Å². The first-order valence-corrected chi connectivity index (χ1v) is 7.13. The van der Waals surface area contributed by atoms with Gasteiger partial charge in [0.2, 0.25) is 5.91 Å². The summed E-state index contributed by atoms with van der Waals surface area (Å²) >= 11 is 0. The summed E-state index contributed by atoms with van der Waals surface area (Å²) in [5, 5.41) is 8.93. The SMILES string of the molecule is Cc1cccc(CCC(=O)N2CCC(CCO)C2)c1. The standard InChI is InChI=1S/C16H23NO2/c1-13-3-2-4-14(11-13)5-6-16(19)17-9-7-15(12-17)8-10-18/h2-4,11,15,18H,5-10,12H2,1H3. The van der Waals surface area contributed by atoms with E-state index in [9.17, 15) is 4.79 Å². The number of rotatable bonds is 5. The summed E-state index contributed by atoms with van der Waals surface area (Å²) in [6, 6.07) is 8.35. The molecule has 0 bridgehead atoms. The van der Waals surface area contributed by atoms with Gasteiger partial charge in [0.15, 0.2) is 0 Å². The second kappa shape index (κ2) is 6.71. The Bertz CT molecular complexity index is 431. The molecule has 3 heteroatoms. The molecule has 1 aliphatic rings. The van der Waals surface area contributed by atoms with Gasteiger partial charge in [0.1, 0.15) is 0 Å². The van der Waals surface area contributed by atoms with E-state index >= 15 is 0 Å². The van der Waals surface area contributed by atoms with E-state index in [1.54, 1.807) is 0 Å². The third kappa shape index (κ3) is 4.06. The number of amides is 1. The lowest BCUT2D eigenvalue weighted by atomic mass is 10.1. The highest BCUT2D eigenvalue weighted by molar-refractivity contribution is 5.76. The third-order valence-corrected chi connectivity index (χ3v) is 3.89. The van der Waals surface area contributed by atoms with Crippen LogP contribution in [-0.4, -0.2) is 35.6 Å². The summed E-state index contributed by atoms with van der Waals surface area (Å²) in [6.45, 7) is 3.99. The number of carbonyl (C=O) groups excluding carboxylic acids is 1. The zero-order valence-electron chi connectivity index (χ0n) is 11.6. The summed E-state index contributed by atoms with van der Waals surface area (Å²) in [5.74, 6) is 0.745. The summed E-state index contributed by atoms with van der Waals surface area (Å²) < 4.78 is 0. The van der Waals surface area contributed by atoms with E-state index in [0.717, 1.165) is 32.4 Å². The number of hydrogen-bond donors (Lipinski definition) is 1. The fourth-order valence-electron chi connectivity index (χ4n) is 2.75. The van der Waals surface area contributed by atoms with Gasteiger partial charge in [-0.25, -0.2) is 0 Å². The zero-order valence-corrected chi connectivity index (χ0v) is 11.6. The predicted octanol–water partition coefficient (Wildman–Crippen LogP) is 2.16. The van der Waals surface area contributed by atoms with Crippen LogP contribution in [0, 0.1) is 12.8 Å². The molecule has 19 heavy (non-hydrogen) atoms. The highest BCUT2D eigenvalue weighted by Crippen LogP contribution is 2.20. The topological polar surface area (TPSA) is 40.5 Å². The van der Waals surface area contributed by atoms with Gasteiger partial charge in [0, 0.05) is 26.1 Å². The van der Waals surface area contributed by atoms with Crippen LogP contribution in [0.1, 0.15) is 30.4 Å². The Kier molecular flexibility index (Phi) is 4.97. The van der Waals surface area contributed by atoms with Crippen molar-refractivity contribution in [2.75, 3.05) is 19.7 Å². The second-order valence-corrected chi connectivity index (χ2v) is 5.50. The van der Waals surface area contributed by atoms with Crippen LogP contribution < -0.4 is 0 Å². The fraction of sp³-hybridized carbons (Fsp3) is 0.562. The lowest BCUT2D eigenvalue weighted by Gasteiger charge is -2.16. The van der Waals surface area contributed by atoms with Crippen molar-refractivity contribution < 1.29 is 9.90 Å². The first-order valence-electron chi connectivity index (χ1n) is 7.13. The molecule has 3 nitrogen and oxygen atoms in total. The Morgan fingerprint density at radius 3 is 3.05 bits per heavy atom. The van der Waals surface area contributed by atoms with Crippen molar-refractivity contribution in [2.45, 2.75) is 32.6 Å². The van der Waals surface area contributed by atoms with E-state index in [0.29, 0.717) is 12.3 Å². The number of aliphatic hydroxyl groups excluding tert-OH is 1. The van der Waals surface area contributed by atoms with Crippen molar-refractivity contribution in [1.29, 1.82) is 0 Å². The minimum atomic E-state index is 0.232. The number of nitrogens with zero attached hydrogens (tertiary/aromatic N) is 1. The number of likely N-dealkylation sites (tertiary alicyclic amines) is 1. The predicted molar refractivity (Wildman–Crippen MR) is 75.9 cm³/mol. The lowest BCUT2D eigenvalue weighted by Crippen LogP contribution is -2.29. The average Bonchev–Trinajstić information content (AvgIpc) is 2.85. The second-order valence-electron chi connectivity index (χ2n) is 5.50. The Labute approximate surface area is 115 Å². The van der Waals surface area contributed by atoms with Gasteiger partial charge in [-0.2, -0.15) is 0 Å². The molecular weight excluding hydrogens is 238 g/mol. The van der Waals surface area contributed by atoms with Gasteiger partial charge in [-0.05, 0) is 37.7 Å². The molecule has 104 valence electrons. The van der Waals surface area contributed by atoms with Gasteiger partial charge in [-0.1, -0.05) is 29.8 Å². The van der Waals surface area contributed by atoms with Gasteiger partial charge < -0.3 is 10.0 Å². The number of benzene rings is 1. The van der Waals surface area contributed by atoms with Crippen LogP contribution >= 0.6 is 0 Å². The van der Waals surface area contributed by atoms with Gasteiger partial charge in [-0.15, -0.1) is 0 Å². The Balaban J connectivity index is 1.79. The molecule has 1 aliphatic heterocycles. The lowest BCUT2D eigenvalue weighted by molar-refractivity contribution is -0.130. The highest BCUT2D eigenvalue weighted by atomic mass is 16.3. The minimum absolute atomic E-state index is 0.232. The zero-order chi connectivity index (χ0) is 13.7. The van der Waals surface area contributed by atoms with Crippen molar-refractivity contribution in [1.82, 2.24) is 4.90 Å². The molecule has 1 atom stereocenters. The van der Waals surface area contributed by atoms with Crippen LogP contribution in [0.4, 0.5) is 0 Å². The molecule has 1 aromatic rings. The molecule has 2 rings (SSSR count). The maximum atomic E-state index is 12.1. The molecule has 1 fully saturated rings. The Morgan fingerprint density at radius 1 is 1.47 bits per heavy atom. The maximum Gasteiger partial charge on any atom is 0.222 e. The van der Waals surface area contributed by atoms with Crippen molar-refractivity contribution in [3.63, 3.8) is 0 Å². The number of hydrogen-bond acceptors (Lipinski definition) is 2. The number of aryl methyl sites for hydroxylation is 2. The molecule has 0 aliphatic carbocycles. The molecule has 0 radical (unpaired) electrons. The molecule has 1 unspecified atom stereocenters. The molecule has 1 aromatic carbocycles. The summed E-state index contributed by atoms with van der Waals surface area (Å²) in [5.41, 5.74) is 2.48. The van der Waals surface area contributed by atoms with Crippen LogP contribution in [0.25, 0.3) is 0 Å². The molecular formula is C16H23NO2. The van der Waals surface area contributed by atoms with Gasteiger partial charge >= 0.3 is 0 Å². The van der Waals surface area contributed by atoms with Gasteiger partial charge in [-0.3, -0.25) is 4.79 Å². The first kappa shape index (κ1) is 14.1. The van der Waals surface area contributed by atoms with E-state index in [2.05, 4.69) is 25.1 Å². The van der Waals surface area contributed by atoms with Crippen molar-refractivity contribution in [3.8, 4) is 0 Å². The minimum Gasteiger partial charge on any atom is -0.396 e. The summed E-state index contributed by atoms with van der Waals surface area (Å²) in [6.07, 6.45) is 3.27. The van der Waals surface area contributed by atoms with Crippen LogP contribution in [0.3, 0.4) is 0 Å². The van der Waals surface area contributed by atoms with E-state index in [1.165, 1.54) is 11.1 Å². The molecule has 1 amide bonds. The summed E-state index contributed by atoms with van der Waals surface area (Å²) in [7, 11) is 0. The first-order chi connectivity index (χ1) is 9.19. The Morgan fingerprint density at radius 2 is 2.32 bits per heavy atom. The van der Waals surface area contributed by atoms with Crippen LogP contribution in [0.5, 0.6) is 0 Å². The van der Waals surface area contributed by atoms with Crippen LogP contribution in [-0.2, 0) is 11.2 Å². The number of carbonyl (C=O) groups is 1. The monoisotopic (exact) mass is 261 g/mol. The normalized spacial score (nSPS) is 18.8. The quantitative estimate of drug-likeness (QED) is 0.882. The van der Waals surface area contributed by atoms with Crippen molar-refractivity contribution in [2.24, 2.45) is 5.92 Å². The van der Waals surface area contributed by atoms with E-state index in [4.69, 9.17) is 5.11 Å². The molecule has 1 saturated heterocycles. The third-order valence-electron chi connectivity index (χ3n) is 3.89. The number of aliphatic hydroxyl groups is 1. The smallest absolute Gasteiger partial charge is 0.222 e. The molecule has 0 saturated carbocycles. The van der Waals surface area contributed by atoms with Crippen LogP contribution in [0.2, 0.25) is 0 Å². The maximum absolute atomic E-state index is 12.1. The largest absolute Gasteiger partial charge is 0.396 e. The molecule has 1 heterocycles.